The largest absolute Gasteiger partial charge is 0.294 e. The predicted molar refractivity (Wildman–Crippen MR) is 72.3 cm³/mol. The first-order valence-corrected chi connectivity index (χ1v) is 7.16. The molecule has 0 aromatic heterocycles. The van der Waals surface area contributed by atoms with Crippen LogP contribution in [0.5, 0.6) is 0 Å². The number of fused-ring (bicyclic) bond motifs is 1. The summed E-state index contributed by atoms with van der Waals surface area (Å²) < 4.78 is 1.10. The summed E-state index contributed by atoms with van der Waals surface area (Å²) in [6.45, 7) is 4.08. The van der Waals surface area contributed by atoms with Crippen LogP contribution in [0, 0.1) is 31.6 Å². The summed E-state index contributed by atoms with van der Waals surface area (Å²) in [6, 6.07) is 4.12. The molecule has 2 saturated carbocycles. The lowest BCUT2D eigenvalue weighted by Crippen LogP contribution is -2.14. The smallest absolute Gasteiger partial charge is 0.166 e. The van der Waals surface area contributed by atoms with Crippen LogP contribution in [-0.2, 0) is 0 Å². The van der Waals surface area contributed by atoms with Crippen molar-refractivity contribution in [1.29, 1.82) is 0 Å². The zero-order valence-corrected chi connectivity index (χ0v) is 11.9. The third kappa shape index (κ3) is 1.97. The Labute approximate surface area is 111 Å². The molecule has 90 valence electrons. The number of hydrogen-bond donors (Lipinski definition) is 0. The lowest BCUT2D eigenvalue weighted by Gasteiger charge is -2.14. The zero-order chi connectivity index (χ0) is 12.2. The van der Waals surface area contributed by atoms with E-state index < -0.39 is 0 Å². The van der Waals surface area contributed by atoms with E-state index in [1.165, 1.54) is 6.42 Å². The molecule has 0 N–H and O–H groups in total. The molecule has 1 aromatic carbocycles. The number of carbonyl (C=O) groups is 1. The van der Waals surface area contributed by atoms with Crippen molar-refractivity contribution < 1.29 is 4.79 Å². The quantitative estimate of drug-likeness (QED) is 0.743. The first kappa shape index (κ1) is 11.5. The van der Waals surface area contributed by atoms with Crippen molar-refractivity contribution >= 4 is 21.7 Å². The average molecular weight is 293 g/mol. The van der Waals surface area contributed by atoms with Crippen molar-refractivity contribution in [2.45, 2.75) is 33.1 Å². The number of rotatable bonds is 2. The normalized spacial score (nSPS) is 30.2. The molecule has 2 atom stereocenters. The van der Waals surface area contributed by atoms with Gasteiger partial charge in [-0.05, 0) is 68.2 Å². The molecular weight excluding hydrogens is 276 g/mol. The van der Waals surface area contributed by atoms with E-state index in [9.17, 15) is 4.79 Å². The molecule has 17 heavy (non-hydrogen) atoms. The van der Waals surface area contributed by atoms with Gasteiger partial charge >= 0.3 is 0 Å². The Morgan fingerprint density at radius 3 is 2.41 bits per heavy atom. The van der Waals surface area contributed by atoms with E-state index >= 15 is 0 Å². The summed E-state index contributed by atoms with van der Waals surface area (Å²) in [7, 11) is 0. The highest BCUT2D eigenvalue weighted by Gasteiger charge is 2.48. The van der Waals surface area contributed by atoms with Crippen LogP contribution in [0.4, 0.5) is 0 Å². The number of carbonyl (C=O) groups excluding carboxylic acids is 1. The highest BCUT2D eigenvalue weighted by Crippen LogP contribution is 2.55. The van der Waals surface area contributed by atoms with E-state index in [0.717, 1.165) is 45.8 Å². The van der Waals surface area contributed by atoms with E-state index in [4.69, 9.17) is 0 Å². The minimum absolute atomic E-state index is 0.304. The maximum absolute atomic E-state index is 12.5. The molecule has 2 unspecified atom stereocenters. The van der Waals surface area contributed by atoms with E-state index in [0.29, 0.717) is 11.7 Å². The Hall–Kier alpha value is -0.630. The lowest BCUT2D eigenvalue weighted by molar-refractivity contribution is 0.0913. The molecule has 2 aliphatic carbocycles. The van der Waals surface area contributed by atoms with Gasteiger partial charge in [-0.3, -0.25) is 4.79 Å². The van der Waals surface area contributed by atoms with E-state index in [2.05, 4.69) is 22.0 Å². The molecule has 1 aromatic rings. The maximum Gasteiger partial charge on any atom is 0.166 e. The zero-order valence-electron chi connectivity index (χ0n) is 10.3. The van der Waals surface area contributed by atoms with Crippen LogP contribution in [0.25, 0.3) is 0 Å². The summed E-state index contributed by atoms with van der Waals surface area (Å²) in [5.74, 6) is 2.44. The lowest BCUT2D eigenvalue weighted by atomic mass is 9.90. The van der Waals surface area contributed by atoms with Crippen LogP contribution in [0.1, 0.15) is 40.7 Å². The average Bonchev–Trinajstić information content (AvgIpc) is 2.90. The molecule has 2 fully saturated rings. The Morgan fingerprint density at radius 1 is 1.12 bits per heavy atom. The van der Waals surface area contributed by atoms with Crippen molar-refractivity contribution in [1.82, 2.24) is 0 Å². The number of halogens is 1. The van der Waals surface area contributed by atoms with Gasteiger partial charge < -0.3 is 0 Å². The van der Waals surface area contributed by atoms with Crippen molar-refractivity contribution in [3.8, 4) is 0 Å². The fourth-order valence-corrected chi connectivity index (χ4v) is 3.65. The Balaban J connectivity index is 1.88. The first-order chi connectivity index (χ1) is 8.06. The number of benzene rings is 1. The van der Waals surface area contributed by atoms with Gasteiger partial charge in [0.25, 0.3) is 0 Å². The third-order valence-corrected chi connectivity index (χ3v) is 5.24. The van der Waals surface area contributed by atoms with Gasteiger partial charge in [-0.15, -0.1) is 0 Å². The Kier molecular flexibility index (Phi) is 2.66. The summed E-state index contributed by atoms with van der Waals surface area (Å²) >= 11 is 3.52. The fraction of sp³-hybridized carbons (Fsp3) is 0.533. The second kappa shape index (κ2) is 3.94. The highest BCUT2D eigenvalue weighted by atomic mass is 79.9. The van der Waals surface area contributed by atoms with Gasteiger partial charge in [-0.2, -0.15) is 0 Å². The van der Waals surface area contributed by atoms with E-state index in [1.807, 2.05) is 19.9 Å². The molecule has 0 saturated heterocycles. The van der Waals surface area contributed by atoms with Crippen molar-refractivity contribution in [2.75, 3.05) is 0 Å². The minimum Gasteiger partial charge on any atom is -0.294 e. The molecule has 2 aliphatic rings. The highest BCUT2D eigenvalue weighted by molar-refractivity contribution is 9.10. The summed E-state index contributed by atoms with van der Waals surface area (Å²) in [6.07, 6.45) is 3.65. The Morgan fingerprint density at radius 2 is 1.76 bits per heavy atom. The summed E-state index contributed by atoms with van der Waals surface area (Å²) in [5, 5.41) is 0. The van der Waals surface area contributed by atoms with Crippen LogP contribution >= 0.6 is 15.9 Å². The van der Waals surface area contributed by atoms with Crippen molar-refractivity contribution in [3.05, 3.63) is 33.3 Å². The van der Waals surface area contributed by atoms with Gasteiger partial charge in [0.15, 0.2) is 5.78 Å². The van der Waals surface area contributed by atoms with Gasteiger partial charge in [0, 0.05) is 16.0 Å². The van der Waals surface area contributed by atoms with E-state index in [1.54, 1.807) is 0 Å². The number of aryl methyl sites for hydroxylation is 2. The van der Waals surface area contributed by atoms with Gasteiger partial charge in [0.1, 0.15) is 0 Å². The SMILES string of the molecule is Cc1cc(C(=O)C2CC3CC3C2)c(C)cc1Br. The second-order valence-corrected chi connectivity index (χ2v) is 6.56. The van der Waals surface area contributed by atoms with Crippen LogP contribution in [-0.4, -0.2) is 5.78 Å². The second-order valence-electron chi connectivity index (χ2n) is 5.70. The van der Waals surface area contributed by atoms with Crippen LogP contribution in [0.3, 0.4) is 0 Å². The first-order valence-electron chi connectivity index (χ1n) is 6.37. The van der Waals surface area contributed by atoms with Crippen LogP contribution in [0.15, 0.2) is 16.6 Å². The molecule has 0 aliphatic heterocycles. The van der Waals surface area contributed by atoms with Gasteiger partial charge in [-0.1, -0.05) is 15.9 Å². The monoisotopic (exact) mass is 292 g/mol. The van der Waals surface area contributed by atoms with Crippen LogP contribution in [0.2, 0.25) is 0 Å². The molecule has 0 bridgehead atoms. The predicted octanol–water partition coefficient (Wildman–Crippen LogP) is 4.29. The third-order valence-electron chi connectivity index (χ3n) is 4.39. The molecule has 3 rings (SSSR count). The molecule has 0 spiro atoms. The molecular formula is C15H17BrO. The van der Waals surface area contributed by atoms with Gasteiger partial charge in [0.05, 0.1) is 0 Å². The van der Waals surface area contributed by atoms with E-state index in [-0.39, 0.29) is 0 Å². The fourth-order valence-electron chi connectivity index (χ4n) is 3.20. The van der Waals surface area contributed by atoms with Crippen molar-refractivity contribution in [3.63, 3.8) is 0 Å². The number of ketones is 1. The molecule has 0 heterocycles. The van der Waals surface area contributed by atoms with Crippen LogP contribution < -0.4 is 0 Å². The molecule has 0 radical (unpaired) electrons. The summed E-state index contributed by atoms with van der Waals surface area (Å²) in [5.41, 5.74) is 3.20. The minimum atomic E-state index is 0.304. The molecule has 1 nitrogen and oxygen atoms in total. The molecule has 0 amide bonds. The van der Waals surface area contributed by atoms with Gasteiger partial charge in [-0.25, -0.2) is 0 Å². The van der Waals surface area contributed by atoms with Crippen molar-refractivity contribution in [2.24, 2.45) is 17.8 Å². The Bertz CT molecular complexity index is 482. The number of hydrogen-bond acceptors (Lipinski definition) is 1. The summed E-state index contributed by atoms with van der Waals surface area (Å²) in [4.78, 5) is 12.5. The number of Topliss-reactive ketones (excluding diaryl/α,β-unsaturated/α-hetero) is 1. The standard InChI is InChI=1S/C15H17BrO/c1-8-4-14(16)9(2)3-13(8)15(17)12-6-10-5-11(10)7-12/h3-4,10-12H,5-7H2,1-2H3. The maximum atomic E-state index is 12.5. The topological polar surface area (TPSA) is 17.1 Å². The van der Waals surface area contributed by atoms with Gasteiger partial charge in [0.2, 0.25) is 0 Å². The molecule has 2 heteroatoms.